The maximum atomic E-state index is 10.8. The van der Waals surface area contributed by atoms with Crippen molar-refractivity contribution in [3.63, 3.8) is 0 Å². The van der Waals surface area contributed by atoms with Gasteiger partial charge in [0, 0.05) is 0 Å². The highest BCUT2D eigenvalue weighted by atomic mass is 16.5. The molecule has 0 heterocycles. The Morgan fingerprint density at radius 3 is 2.55 bits per heavy atom. The minimum atomic E-state index is -1.00. The largest absolute Gasteiger partial charge is 0.480 e. The van der Waals surface area contributed by atoms with E-state index < -0.39 is 12.0 Å². The van der Waals surface area contributed by atoms with Gasteiger partial charge < -0.3 is 15.6 Å². The highest BCUT2D eigenvalue weighted by molar-refractivity contribution is 5.73. The fourth-order valence-electron chi connectivity index (χ4n) is 1.82. The lowest BCUT2D eigenvalue weighted by atomic mass is 10.1. The van der Waals surface area contributed by atoms with Crippen LogP contribution in [0.1, 0.15) is 11.1 Å². The Morgan fingerprint density at radius 2 is 1.90 bits per heavy atom. The second-order valence-corrected chi connectivity index (χ2v) is 4.71. The summed E-state index contributed by atoms with van der Waals surface area (Å²) in [5, 5.41) is 8.82. The summed E-state index contributed by atoms with van der Waals surface area (Å²) in [7, 11) is 0. The van der Waals surface area contributed by atoms with E-state index in [1.807, 2.05) is 55.5 Å². The van der Waals surface area contributed by atoms with Crippen molar-refractivity contribution in [2.24, 2.45) is 5.73 Å². The molecule has 2 aromatic carbocycles. The topological polar surface area (TPSA) is 72.5 Å². The maximum Gasteiger partial charge on any atom is 0.320 e. The van der Waals surface area contributed by atoms with E-state index in [1.54, 1.807) is 0 Å². The quantitative estimate of drug-likeness (QED) is 0.877. The second kappa shape index (κ2) is 6.21. The van der Waals surface area contributed by atoms with E-state index in [9.17, 15) is 4.79 Å². The molecule has 0 aliphatic rings. The number of ether oxygens (including phenoxy) is 1. The van der Waals surface area contributed by atoms with Crippen LogP contribution >= 0.6 is 0 Å². The van der Waals surface area contributed by atoms with Crippen LogP contribution in [0.5, 0.6) is 11.5 Å². The number of nitrogens with two attached hydrogens (primary N) is 1. The van der Waals surface area contributed by atoms with Crippen LogP contribution in [-0.4, -0.2) is 17.1 Å². The summed E-state index contributed by atoms with van der Waals surface area (Å²) < 4.78 is 5.73. The fraction of sp³-hybridized carbons (Fsp3) is 0.188. The van der Waals surface area contributed by atoms with Crippen LogP contribution in [0.15, 0.2) is 48.5 Å². The lowest BCUT2D eigenvalue weighted by molar-refractivity contribution is -0.138. The van der Waals surface area contributed by atoms with Gasteiger partial charge in [-0.2, -0.15) is 0 Å². The number of hydrogen-bond donors (Lipinski definition) is 2. The van der Waals surface area contributed by atoms with Gasteiger partial charge >= 0.3 is 5.97 Å². The van der Waals surface area contributed by atoms with Gasteiger partial charge in [0.15, 0.2) is 0 Å². The number of aryl methyl sites for hydroxylation is 1. The van der Waals surface area contributed by atoms with Crippen LogP contribution in [0.2, 0.25) is 0 Å². The molecule has 0 fully saturated rings. The van der Waals surface area contributed by atoms with Crippen LogP contribution in [0.3, 0.4) is 0 Å². The van der Waals surface area contributed by atoms with Crippen molar-refractivity contribution in [2.45, 2.75) is 19.4 Å². The molecule has 0 amide bonds. The first-order chi connectivity index (χ1) is 9.54. The molecule has 0 bridgehead atoms. The normalized spacial score (nSPS) is 11.9. The molecule has 0 aromatic heterocycles. The van der Waals surface area contributed by atoms with Crippen molar-refractivity contribution in [1.29, 1.82) is 0 Å². The van der Waals surface area contributed by atoms with E-state index in [0.717, 1.165) is 11.3 Å². The summed E-state index contributed by atoms with van der Waals surface area (Å²) in [5.74, 6) is 0.411. The van der Waals surface area contributed by atoms with Gasteiger partial charge in [-0.25, -0.2) is 0 Å². The van der Waals surface area contributed by atoms with Crippen molar-refractivity contribution in [3.05, 3.63) is 59.7 Å². The van der Waals surface area contributed by atoms with E-state index in [2.05, 4.69) is 0 Å². The monoisotopic (exact) mass is 271 g/mol. The molecule has 104 valence electrons. The highest BCUT2D eigenvalue weighted by Crippen LogP contribution is 2.22. The lowest BCUT2D eigenvalue weighted by Gasteiger charge is -2.09. The Balaban J connectivity index is 2.09. The van der Waals surface area contributed by atoms with Crippen LogP contribution in [0.4, 0.5) is 0 Å². The molecular weight excluding hydrogens is 254 g/mol. The third-order valence-corrected chi connectivity index (χ3v) is 2.93. The fourth-order valence-corrected chi connectivity index (χ4v) is 1.82. The van der Waals surface area contributed by atoms with Gasteiger partial charge in [-0.15, -0.1) is 0 Å². The Hall–Kier alpha value is -2.33. The van der Waals surface area contributed by atoms with Gasteiger partial charge in [0.2, 0.25) is 0 Å². The number of hydrogen-bond acceptors (Lipinski definition) is 3. The second-order valence-electron chi connectivity index (χ2n) is 4.71. The van der Waals surface area contributed by atoms with Gasteiger partial charge in [-0.05, 0) is 43.2 Å². The summed E-state index contributed by atoms with van der Waals surface area (Å²) in [4.78, 5) is 10.8. The van der Waals surface area contributed by atoms with Crippen LogP contribution in [0.25, 0.3) is 0 Å². The molecule has 1 unspecified atom stereocenters. The summed E-state index contributed by atoms with van der Waals surface area (Å²) in [6, 6.07) is 14.1. The number of rotatable bonds is 5. The summed E-state index contributed by atoms with van der Waals surface area (Å²) >= 11 is 0. The Kier molecular flexibility index (Phi) is 4.38. The summed E-state index contributed by atoms with van der Waals surface area (Å²) in [6.45, 7) is 2.01. The molecule has 0 saturated carbocycles. The van der Waals surface area contributed by atoms with Gasteiger partial charge in [-0.3, -0.25) is 4.79 Å². The smallest absolute Gasteiger partial charge is 0.320 e. The maximum absolute atomic E-state index is 10.8. The Bertz CT molecular complexity index is 593. The van der Waals surface area contributed by atoms with Gasteiger partial charge in [0.05, 0.1) is 0 Å². The van der Waals surface area contributed by atoms with E-state index in [4.69, 9.17) is 15.6 Å². The minimum Gasteiger partial charge on any atom is -0.480 e. The van der Waals surface area contributed by atoms with Crippen molar-refractivity contribution in [1.82, 2.24) is 0 Å². The molecule has 4 heteroatoms. The number of aliphatic carboxylic acids is 1. The van der Waals surface area contributed by atoms with Gasteiger partial charge in [0.1, 0.15) is 17.5 Å². The zero-order valence-corrected chi connectivity index (χ0v) is 11.2. The van der Waals surface area contributed by atoms with Crippen LogP contribution in [0, 0.1) is 6.92 Å². The van der Waals surface area contributed by atoms with Gasteiger partial charge in [0.25, 0.3) is 0 Å². The number of carbonyl (C=O) groups is 1. The lowest BCUT2D eigenvalue weighted by Crippen LogP contribution is -2.32. The molecule has 20 heavy (non-hydrogen) atoms. The number of carboxylic acid groups (broad SMARTS) is 1. The molecule has 2 rings (SSSR count). The SMILES string of the molecule is Cc1ccc(Oc2cccc(CC(N)C(=O)O)c2)cc1. The molecular formula is C16H17NO3. The molecule has 0 spiro atoms. The first kappa shape index (κ1) is 14.1. The predicted molar refractivity (Wildman–Crippen MR) is 77.0 cm³/mol. The van der Waals surface area contributed by atoms with Crippen molar-refractivity contribution < 1.29 is 14.6 Å². The molecule has 1 atom stereocenters. The van der Waals surface area contributed by atoms with E-state index in [1.165, 1.54) is 5.56 Å². The number of benzene rings is 2. The highest BCUT2D eigenvalue weighted by Gasteiger charge is 2.12. The minimum absolute atomic E-state index is 0.278. The summed E-state index contributed by atoms with van der Waals surface area (Å²) in [5.41, 5.74) is 7.53. The van der Waals surface area contributed by atoms with Crippen molar-refractivity contribution >= 4 is 5.97 Å². The number of carboxylic acids is 1. The molecule has 0 saturated heterocycles. The Morgan fingerprint density at radius 1 is 1.20 bits per heavy atom. The zero-order chi connectivity index (χ0) is 14.5. The molecule has 0 aliphatic carbocycles. The molecule has 0 radical (unpaired) electrons. The Labute approximate surface area is 117 Å². The first-order valence-electron chi connectivity index (χ1n) is 6.36. The van der Waals surface area contributed by atoms with Crippen molar-refractivity contribution in [2.75, 3.05) is 0 Å². The van der Waals surface area contributed by atoms with E-state index in [-0.39, 0.29) is 6.42 Å². The zero-order valence-electron chi connectivity index (χ0n) is 11.2. The van der Waals surface area contributed by atoms with E-state index >= 15 is 0 Å². The van der Waals surface area contributed by atoms with Crippen LogP contribution in [-0.2, 0) is 11.2 Å². The molecule has 0 aliphatic heterocycles. The first-order valence-corrected chi connectivity index (χ1v) is 6.36. The van der Waals surface area contributed by atoms with Crippen molar-refractivity contribution in [3.8, 4) is 11.5 Å². The molecule has 3 N–H and O–H groups in total. The van der Waals surface area contributed by atoms with Crippen LogP contribution < -0.4 is 10.5 Å². The third-order valence-electron chi connectivity index (χ3n) is 2.93. The third kappa shape index (κ3) is 3.83. The average Bonchev–Trinajstić information content (AvgIpc) is 2.42. The molecule has 2 aromatic rings. The van der Waals surface area contributed by atoms with Gasteiger partial charge in [-0.1, -0.05) is 29.8 Å². The summed E-state index contributed by atoms with van der Waals surface area (Å²) in [6.07, 6.45) is 0.278. The predicted octanol–water partition coefficient (Wildman–Crippen LogP) is 2.74. The molecule has 4 nitrogen and oxygen atoms in total. The van der Waals surface area contributed by atoms with E-state index in [0.29, 0.717) is 5.75 Å². The standard InChI is InChI=1S/C16H17NO3/c1-11-5-7-13(8-6-11)20-14-4-2-3-12(9-14)10-15(17)16(18)19/h2-9,15H,10,17H2,1H3,(H,18,19). The average molecular weight is 271 g/mol.